The Labute approximate surface area is 168 Å². The molecule has 3 aromatic rings. The zero-order valence-electron chi connectivity index (χ0n) is 15.7. The molecule has 1 fully saturated rings. The summed E-state index contributed by atoms with van der Waals surface area (Å²) in [7, 11) is 0. The van der Waals surface area contributed by atoms with Gasteiger partial charge in [-0.25, -0.2) is 4.98 Å². The van der Waals surface area contributed by atoms with Crippen LogP contribution in [-0.2, 0) is 16.0 Å². The summed E-state index contributed by atoms with van der Waals surface area (Å²) in [6, 6.07) is 12.3. The molecule has 146 valence electrons. The Bertz CT molecular complexity index is 923. The summed E-state index contributed by atoms with van der Waals surface area (Å²) >= 11 is 1.65. The predicted octanol–water partition coefficient (Wildman–Crippen LogP) is 2.71. The van der Waals surface area contributed by atoms with Crippen molar-refractivity contribution < 1.29 is 9.53 Å². The molecule has 28 heavy (non-hydrogen) atoms. The van der Waals surface area contributed by atoms with Gasteiger partial charge in [-0.2, -0.15) is 0 Å². The van der Waals surface area contributed by atoms with Crippen LogP contribution in [0.4, 0.5) is 0 Å². The van der Waals surface area contributed by atoms with Crippen molar-refractivity contribution in [1.82, 2.24) is 20.2 Å². The molecule has 3 heterocycles. The average molecular weight is 397 g/mol. The maximum atomic E-state index is 12.1. The third-order valence-electron chi connectivity index (χ3n) is 4.79. The van der Waals surface area contributed by atoms with Gasteiger partial charge in [0.05, 0.1) is 19.8 Å². The van der Waals surface area contributed by atoms with Gasteiger partial charge in [-0.1, -0.05) is 17.8 Å². The number of aromatic amines is 1. The summed E-state index contributed by atoms with van der Waals surface area (Å²) in [5, 5.41) is 5.22. The monoisotopic (exact) mass is 396 g/mol. The number of pyridine rings is 1. The van der Waals surface area contributed by atoms with Gasteiger partial charge in [-0.3, -0.25) is 9.69 Å². The van der Waals surface area contributed by atoms with Gasteiger partial charge in [0.25, 0.3) is 0 Å². The zero-order valence-corrected chi connectivity index (χ0v) is 16.5. The van der Waals surface area contributed by atoms with Gasteiger partial charge in [0.1, 0.15) is 5.03 Å². The van der Waals surface area contributed by atoms with Crippen molar-refractivity contribution in [3.8, 4) is 0 Å². The normalized spacial score (nSPS) is 15.0. The van der Waals surface area contributed by atoms with Crippen molar-refractivity contribution in [1.29, 1.82) is 0 Å². The zero-order chi connectivity index (χ0) is 19.2. The summed E-state index contributed by atoms with van der Waals surface area (Å²) in [4.78, 5) is 23.1. The minimum atomic E-state index is 0.0770. The van der Waals surface area contributed by atoms with Crippen LogP contribution in [0.25, 0.3) is 10.9 Å². The second-order valence-electron chi connectivity index (χ2n) is 6.78. The maximum Gasteiger partial charge on any atom is 0.234 e. The van der Waals surface area contributed by atoms with E-state index in [1.807, 2.05) is 30.6 Å². The molecule has 1 aliphatic heterocycles. The lowest BCUT2D eigenvalue weighted by Crippen LogP contribution is -2.43. The van der Waals surface area contributed by atoms with Gasteiger partial charge < -0.3 is 15.0 Å². The highest BCUT2D eigenvalue weighted by Crippen LogP contribution is 2.30. The molecule has 1 amide bonds. The number of hydrogen-bond acceptors (Lipinski definition) is 5. The van der Waals surface area contributed by atoms with Gasteiger partial charge in [0.15, 0.2) is 0 Å². The highest BCUT2D eigenvalue weighted by Gasteiger charge is 2.14. The van der Waals surface area contributed by atoms with E-state index in [4.69, 9.17) is 4.74 Å². The molecule has 4 rings (SSSR count). The Balaban J connectivity index is 1.34. The van der Waals surface area contributed by atoms with Crippen LogP contribution in [0.5, 0.6) is 0 Å². The van der Waals surface area contributed by atoms with E-state index in [-0.39, 0.29) is 5.91 Å². The van der Waals surface area contributed by atoms with Crippen molar-refractivity contribution in [2.45, 2.75) is 16.3 Å². The summed E-state index contributed by atoms with van der Waals surface area (Å²) < 4.78 is 5.32. The maximum absolute atomic E-state index is 12.1. The fourth-order valence-corrected chi connectivity index (χ4v) is 4.13. The smallest absolute Gasteiger partial charge is 0.234 e. The number of amides is 1. The number of nitrogens with zero attached hydrogens (tertiary/aromatic N) is 2. The van der Waals surface area contributed by atoms with Crippen molar-refractivity contribution in [2.24, 2.45) is 0 Å². The molecule has 1 saturated heterocycles. The Morgan fingerprint density at radius 2 is 2.14 bits per heavy atom. The molecule has 2 aromatic heterocycles. The third kappa shape index (κ3) is 4.92. The summed E-state index contributed by atoms with van der Waals surface area (Å²) in [6.07, 6.45) is 4.64. The third-order valence-corrected chi connectivity index (χ3v) is 5.73. The van der Waals surface area contributed by atoms with Crippen molar-refractivity contribution in [2.75, 3.05) is 39.4 Å². The summed E-state index contributed by atoms with van der Waals surface area (Å²) in [5.74, 6) is 0.0770. The first-order chi connectivity index (χ1) is 13.8. The molecule has 0 saturated carbocycles. The van der Waals surface area contributed by atoms with Gasteiger partial charge in [0.2, 0.25) is 5.91 Å². The first-order valence-corrected chi connectivity index (χ1v) is 10.4. The molecular weight excluding hydrogens is 372 g/mol. The molecular formula is C21H24N4O2S. The molecule has 0 atom stereocenters. The highest BCUT2D eigenvalue weighted by atomic mass is 32.2. The number of ether oxygens (including phenoxy) is 1. The second-order valence-corrected chi connectivity index (χ2v) is 7.87. The van der Waals surface area contributed by atoms with E-state index in [0.29, 0.717) is 26.3 Å². The Morgan fingerprint density at radius 1 is 1.25 bits per heavy atom. The quantitative estimate of drug-likeness (QED) is 0.643. The van der Waals surface area contributed by atoms with Crippen LogP contribution in [0.3, 0.4) is 0 Å². The lowest BCUT2D eigenvalue weighted by molar-refractivity contribution is -0.123. The van der Waals surface area contributed by atoms with Gasteiger partial charge in [-0.05, 0) is 42.3 Å². The molecule has 6 nitrogen and oxygen atoms in total. The highest BCUT2D eigenvalue weighted by molar-refractivity contribution is 7.99. The Kier molecular flexibility index (Phi) is 6.26. The van der Waals surface area contributed by atoms with Crippen LogP contribution in [0, 0.1) is 0 Å². The number of carbonyl (C=O) groups is 1. The molecule has 0 radical (unpaired) electrons. The predicted molar refractivity (Wildman–Crippen MR) is 111 cm³/mol. The SMILES string of the molecule is O=C(CN1CCOCC1)NCCc1c[nH]c2ccc(Sc3ccccn3)cc12. The van der Waals surface area contributed by atoms with Gasteiger partial charge in [-0.15, -0.1) is 0 Å². The van der Waals surface area contributed by atoms with Gasteiger partial charge >= 0.3 is 0 Å². The Morgan fingerprint density at radius 3 is 2.96 bits per heavy atom. The molecule has 1 aromatic carbocycles. The minimum absolute atomic E-state index is 0.0770. The van der Waals surface area contributed by atoms with Crippen LogP contribution in [0.15, 0.2) is 58.7 Å². The molecule has 7 heteroatoms. The van der Waals surface area contributed by atoms with E-state index in [2.05, 4.69) is 38.4 Å². The fraction of sp³-hybridized carbons (Fsp3) is 0.333. The molecule has 0 bridgehead atoms. The lowest BCUT2D eigenvalue weighted by atomic mass is 10.1. The van der Waals surface area contributed by atoms with Crippen LogP contribution >= 0.6 is 11.8 Å². The number of rotatable bonds is 7. The largest absolute Gasteiger partial charge is 0.379 e. The Hall–Kier alpha value is -2.35. The average Bonchev–Trinajstić information content (AvgIpc) is 3.12. The number of aromatic nitrogens is 2. The van der Waals surface area contributed by atoms with Crippen LogP contribution in [-0.4, -0.2) is 60.2 Å². The molecule has 0 unspecified atom stereocenters. The standard InChI is InChI=1S/C21H24N4O2S/c26-20(15-25-9-11-27-12-10-25)22-8-6-16-14-24-19-5-4-17(13-18(16)19)28-21-3-1-2-7-23-21/h1-5,7,13-14,24H,6,8-12,15H2,(H,22,26). The van der Waals surface area contributed by atoms with E-state index in [1.54, 1.807) is 11.8 Å². The molecule has 0 aliphatic carbocycles. The van der Waals surface area contributed by atoms with Gasteiger partial charge in [0, 0.05) is 47.8 Å². The number of benzene rings is 1. The molecule has 1 aliphatic rings. The van der Waals surface area contributed by atoms with E-state index < -0.39 is 0 Å². The van der Waals surface area contributed by atoms with E-state index in [1.165, 1.54) is 10.9 Å². The second kappa shape index (κ2) is 9.23. The van der Waals surface area contributed by atoms with Crippen molar-refractivity contribution in [3.05, 3.63) is 54.4 Å². The fourth-order valence-electron chi connectivity index (χ4n) is 3.31. The number of fused-ring (bicyclic) bond motifs is 1. The lowest BCUT2D eigenvalue weighted by Gasteiger charge is -2.25. The number of nitrogens with one attached hydrogen (secondary N) is 2. The number of H-pyrrole nitrogens is 1. The first-order valence-electron chi connectivity index (χ1n) is 9.53. The topological polar surface area (TPSA) is 70.2 Å². The molecule has 2 N–H and O–H groups in total. The van der Waals surface area contributed by atoms with E-state index >= 15 is 0 Å². The summed E-state index contributed by atoms with van der Waals surface area (Å²) in [5.41, 5.74) is 2.32. The minimum Gasteiger partial charge on any atom is -0.379 e. The summed E-state index contributed by atoms with van der Waals surface area (Å²) in [6.45, 7) is 4.15. The van der Waals surface area contributed by atoms with E-state index in [9.17, 15) is 4.79 Å². The number of hydrogen-bond donors (Lipinski definition) is 2. The van der Waals surface area contributed by atoms with Crippen molar-refractivity contribution >= 4 is 28.6 Å². The van der Waals surface area contributed by atoms with Crippen LogP contribution in [0.2, 0.25) is 0 Å². The van der Waals surface area contributed by atoms with Crippen molar-refractivity contribution in [3.63, 3.8) is 0 Å². The van der Waals surface area contributed by atoms with E-state index in [0.717, 1.165) is 34.9 Å². The van der Waals surface area contributed by atoms with Crippen LogP contribution < -0.4 is 5.32 Å². The number of carbonyl (C=O) groups excluding carboxylic acids is 1. The number of morpholine rings is 1. The van der Waals surface area contributed by atoms with Crippen LogP contribution in [0.1, 0.15) is 5.56 Å². The molecule has 0 spiro atoms. The first kappa shape index (κ1) is 19.0.